The molecule has 0 atom stereocenters. The molecule has 78 valence electrons. The standard InChI is InChI=1S/C12H14N2O/c1-12(2,3)11(13-9-15)14-10-7-5-4-6-8-10/h4-8H,1-3H3. The molecule has 1 rings (SSSR count). The monoisotopic (exact) mass is 202 g/mol. The second-order valence-corrected chi connectivity index (χ2v) is 4.22. The lowest BCUT2D eigenvalue weighted by Crippen LogP contribution is -2.17. The third kappa shape index (κ3) is 3.49. The molecule has 0 fully saturated rings. The summed E-state index contributed by atoms with van der Waals surface area (Å²) in [7, 11) is 0. The molecule has 0 aromatic heterocycles. The first-order valence-electron chi connectivity index (χ1n) is 4.76. The second-order valence-electron chi connectivity index (χ2n) is 4.22. The number of rotatable bonds is 1. The summed E-state index contributed by atoms with van der Waals surface area (Å²) in [5.74, 6) is 0.490. The van der Waals surface area contributed by atoms with Gasteiger partial charge in [0, 0.05) is 5.41 Å². The van der Waals surface area contributed by atoms with Gasteiger partial charge in [0.1, 0.15) is 5.84 Å². The van der Waals surface area contributed by atoms with Crippen LogP contribution in [0.4, 0.5) is 5.69 Å². The molecule has 0 spiro atoms. The predicted octanol–water partition coefficient (Wildman–Crippen LogP) is 3.10. The van der Waals surface area contributed by atoms with Crippen LogP contribution in [0.5, 0.6) is 0 Å². The van der Waals surface area contributed by atoms with Crippen molar-refractivity contribution in [3.63, 3.8) is 0 Å². The minimum Gasteiger partial charge on any atom is -0.232 e. The summed E-state index contributed by atoms with van der Waals surface area (Å²) in [5, 5.41) is 0. The fourth-order valence-corrected chi connectivity index (χ4v) is 1.03. The van der Waals surface area contributed by atoms with Gasteiger partial charge in [-0.05, 0) is 12.1 Å². The molecule has 0 unspecified atom stereocenters. The maximum atomic E-state index is 10.3. The average Bonchev–Trinajstić information content (AvgIpc) is 2.17. The number of carbonyl (C=O) groups excluding carboxylic acids is 1. The van der Waals surface area contributed by atoms with Crippen LogP contribution in [0.2, 0.25) is 0 Å². The van der Waals surface area contributed by atoms with Gasteiger partial charge >= 0.3 is 0 Å². The molecule has 0 bridgehead atoms. The molecule has 15 heavy (non-hydrogen) atoms. The second kappa shape index (κ2) is 4.67. The number of para-hydroxylation sites is 1. The lowest BCUT2D eigenvalue weighted by atomic mass is 9.95. The van der Waals surface area contributed by atoms with E-state index in [0.717, 1.165) is 5.69 Å². The molecular weight excluding hydrogens is 188 g/mol. The summed E-state index contributed by atoms with van der Waals surface area (Å²) in [6.45, 7) is 5.86. The summed E-state index contributed by atoms with van der Waals surface area (Å²) >= 11 is 0. The fraction of sp³-hybridized carbons (Fsp3) is 0.333. The van der Waals surface area contributed by atoms with Crippen molar-refractivity contribution >= 4 is 17.6 Å². The topological polar surface area (TPSA) is 41.8 Å². The highest BCUT2D eigenvalue weighted by atomic mass is 16.1. The van der Waals surface area contributed by atoms with Crippen molar-refractivity contribution < 1.29 is 4.79 Å². The summed E-state index contributed by atoms with van der Waals surface area (Å²) < 4.78 is 0. The summed E-state index contributed by atoms with van der Waals surface area (Å²) in [4.78, 5) is 18.2. The van der Waals surface area contributed by atoms with Crippen LogP contribution in [0.25, 0.3) is 0 Å². The van der Waals surface area contributed by atoms with Gasteiger partial charge in [0.25, 0.3) is 0 Å². The van der Waals surface area contributed by atoms with Crippen molar-refractivity contribution in [3.8, 4) is 0 Å². The molecule has 0 aliphatic rings. The first-order valence-corrected chi connectivity index (χ1v) is 4.76. The van der Waals surface area contributed by atoms with Crippen LogP contribution in [-0.2, 0) is 4.79 Å². The Hall–Kier alpha value is -1.73. The van der Waals surface area contributed by atoms with Crippen molar-refractivity contribution in [2.24, 2.45) is 15.4 Å². The van der Waals surface area contributed by atoms with E-state index in [1.54, 1.807) is 0 Å². The van der Waals surface area contributed by atoms with Crippen molar-refractivity contribution in [3.05, 3.63) is 30.3 Å². The SMILES string of the molecule is CC(C)(C)C(N=C=O)=Nc1ccccc1. The minimum absolute atomic E-state index is 0.257. The van der Waals surface area contributed by atoms with Crippen molar-refractivity contribution in [1.82, 2.24) is 0 Å². The molecule has 0 radical (unpaired) electrons. The zero-order chi connectivity index (χ0) is 11.3. The van der Waals surface area contributed by atoms with Gasteiger partial charge < -0.3 is 0 Å². The predicted molar refractivity (Wildman–Crippen MR) is 61.1 cm³/mol. The minimum atomic E-state index is -0.257. The molecule has 3 nitrogen and oxygen atoms in total. The number of hydrogen-bond donors (Lipinski definition) is 0. The van der Waals surface area contributed by atoms with Crippen LogP contribution < -0.4 is 0 Å². The van der Waals surface area contributed by atoms with Crippen molar-refractivity contribution in [2.45, 2.75) is 20.8 Å². The number of nitrogens with zero attached hydrogens (tertiary/aromatic N) is 2. The van der Waals surface area contributed by atoms with E-state index in [-0.39, 0.29) is 5.41 Å². The van der Waals surface area contributed by atoms with Crippen LogP contribution in [0.3, 0.4) is 0 Å². The lowest BCUT2D eigenvalue weighted by Gasteiger charge is -2.15. The van der Waals surface area contributed by atoms with E-state index in [2.05, 4.69) is 9.98 Å². The summed E-state index contributed by atoms with van der Waals surface area (Å²) in [5.41, 5.74) is 0.536. The Kier molecular flexibility index (Phi) is 3.53. The lowest BCUT2D eigenvalue weighted by molar-refractivity contribution is 0.559. The third-order valence-electron chi connectivity index (χ3n) is 1.81. The normalized spacial score (nSPS) is 12.1. The number of aliphatic imine (C=N–C) groups is 2. The van der Waals surface area contributed by atoms with Crippen molar-refractivity contribution in [1.29, 1.82) is 0 Å². The van der Waals surface area contributed by atoms with Gasteiger partial charge in [-0.2, -0.15) is 4.99 Å². The zero-order valence-electron chi connectivity index (χ0n) is 9.19. The molecule has 0 saturated heterocycles. The van der Waals surface area contributed by atoms with E-state index < -0.39 is 0 Å². The largest absolute Gasteiger partial charge is 0.241 e. The van der Waals surface area contributed by atoms with E-state index >= 15 is 0 Å². The number of isocyanates is 1. The number of hydrogen-bond acceptors (Lipinski definition) is 2. The molecular formula is C12H14N2O. The molecule has 1 aromatic rings. The maximum absolute atomic E-state index is 10.3. The molecule has 0 amide bonds. The zero-order valence-corrected chi connectivity index (χ0v) is 9.19. The molecule has 0 aliphatic carbocycles. The van der Waals surface area contributed by atoms with Gasteiger partial charge in [-0.15, -0.1) is 0 Å². The Morgan fingerprint density at radius 1 is 1.20 bits per heavy atom. The van der Waals surface area contributed by atoms with Crippen LogP contribution in [-0.4, -0.2) is 11.9 Å². The smallest absolute Gasteiger partial charge is 0.232 e. The summed E-state index contributed by atoms with van der Waals surface area (Å²) in [6, 6.07) is 9.43. The van der Waals surface area contributed by atoms with E-state index in [4.69, 9.17) is 0 Å². The van der Waals surface area contributed by atoms with Crippen LogP contribution in [0.1, 0.15) is 20.8 Å². The quantitative estimate of drug-likeness (QED) is 0.392. The Bertz CT molecular complexity index is 395. The maximum Gasteiger partial charge on any atom is 0.241 e. The van der Waals surface area contributed by atoms with E-state index in [1.807, 2.05) is 51.1 Å². The van der Waals surface area contributed by atoms with E-state index in [1.165, 1.54) is 6.08 Å². The van der Waals surface area contributed by atoms with Gasteiger partial charge in [-0.25, -0.2) is 9.79 Å². The highest BCUT2D eigenvalue weighted by molar-refractivity contribution is 5.93. The highest BCUT2D eigenvalue weighted by Crippen LogP contribution is 2.21. The summed E-state index contributed by atoms with van der Waals surface area (Å²) in [6.07, 6.45) is 1.54. The number of amidine groups is 1. The van der Waals surface area contributed by atoms with Gasteiger partial charge in [-0.3, -0.25) is 0 Å². The Morgan fingerprint density at radius 2 is 1.80 bits per heavy atom. The van der Waals surface area contributed by atoms with Gasteiger partial charge in [0.2, 0.25) is 6.08 Å². The Morgan fingerprint density at radius 3 is 2.27 bits per heavy atom. The third-order valence-corrected chi connectivity index (χ3v) is 1.81. The van der Waals surface area contributed by atoms with Crippen LogP contribution in [0.15, 0.2) is 40.3 Å². The molecule has 0 saturated carbocycles. The van der Waals surface area contributed by atoms with Gasteiger partial charge in [-0.1, -0.05) is 39.0 Å². The molecule has 0 N–H and O–H groups in total. The molecule has 0 aliphatic heterocycles. The Balaban J connectivity index is 3.11. The molecule has 3 heteroatoms. The van der Waals surface area contributed by atoms with Crippen LogP contribution in [0, 0.1) is 5.41 Å². The Labute approximate surface area is 89.6 Å². The van der Waals surface area contributed by atoms with Gasteiger partial charge in [0.15, 0.2) is 0 Å². The molecule has 1 aromatic carbocycles. The van der Waals surface area contributed by atoms with Gasteiger partial charge in [0.05, 0.1) is 5.69 Å². The number of benzene rings is 1. The average molecular weight is 202 g/mol. The van der Waals surface area contributed by atoms with E-state index in [0.29, 0.717) is 5.84 Å². The van der Waals surface area contributed by atoms with E-state index in [9.17, 15) is 4.79 Å². The van der Waals surface area contributed by atoms with Crippen LogP contribution >= 0.6 is 0 Å². The molecule has 0 heterocycles. The van der Waals surface area contributed by atoms with Crippen molar-refractivity contribution in [2.75, 3.05) is 0 Å². The highest BCUT2D eigenvalue weighted by Gasteiger charge is 2.18. The fourth-order valence-electron chi connectivity index (χ4n) is 1.03. The first-order chi connectivity index (χ1) is 7.04. The first kappa shape index (κ1) is 11.3.